The number of carbonyl (C=O) groups excluding carboxylic acids is 1. The Kier molecular flexibility index (Phi) is 4.94. The van der Waals surface area contributed by atoms with E-state index in [-0.39, 0.29) is 18.1 Å². The zero-order valence-corrected chi connectivity index (χ0v) is 12.4. The van der Waals surface area contributed by atoms with Gasteiger partial charge in [0, 0.05) is 18.8 Å². The fourth-order valence-electron chi connectivity index (χ4n) is 2.23. The summed E-state index contributed by atoms with van der Waals surface area (Å²) in [6, 6.07) is 8.40. The molecule has 1 aliphatic rings. The van der Waals surface area contributed by atoms with Crippen molar-refractivity contribution in [3.05, 3.63) is 29.8 Å². The normalized spacial score (nSPS) is 15.6. The summed E-state index contributed by atoms with van der Waals surface area (Å²) in [6.45, 7) is 1.20. The number of hydrogen-bond acceptors (Lipinski definition) is 4. The van der Waals surface area contributed by atoms with Crippen molar-refractivity contribution in [2.24, 2.45) is 0 Å². The van der Waals surface area contributed by atoms with E-state index in [9.17, 15) is 13.2 Å². The lowest BCUT2D eigenvalue weighted by molar-refractivity contribution is -0.115. The minimum Gasteiger partial charge on any atom is -0.325 e. The first kappa shape index (κ1) is 15.5. The molecule has 0 aliphatic carbocycles. The Morgan fingerprint density at radius 2 is 1.86 bits per heavy atom. The topological polar surface area (TPSA) is 90.3 Å². The zero-order chi connectivity index (χ0) is 15.3. The molecule has 1 saturated heterocycles. The molecule has 1 fully saturated rings. The average Bonchev–Trinajstić information content (AvgIpc) is 2.96. The Hall–Kier alpha value is -1.91. The number of nitrogens with zero attached hydrogens (tertiary/aromatic N) is 2. The van der Waals surface area contributed by atoms with E-state index in [2.05, 4.69) is 5.32 Å². The fourth-order valence-corrected chi connectivity index (χ4v) is 3.84. The minimum absolute atomic E-state index is 0.0284. The molecule has 0 spiro atoms. The van der Waals surface area contributed by atoms with Crippen molar-refractivity contribution in [1.82, 2.24) is 4.31 Å². The summed E-state index contributed by atoms with van der Waals surface area (Å²) in [5, 5.41) is 11.0. The highest BCUT2D eigenvalue weighted by atomic mass is 32.2. The van der Waals surface area contributed by atoms with E-state index in [1.54, 1.807) is 30.3 Å². The predicted octanol–water partition coefficient (Wildman–Crippen LogP) is 1.46. The van der Waals surface area contributed by atoms with Gasteiger partial charge in [-0.25, -0.2) is 12.7 Å². The molecule has 0 saturated carbocycles. The molecule has 2 rings (SSSR count). The van der Waals surface area contributed by atoms with Crippen molar-refractivity contribution in [2.75, 3.05) is 18.4 Å². The van der Waals surface area contributed by atoms with Crippen LogP contribution < -0.4 is 5.32 Å². The van der Waals surface area contributed by atoms with Crippen molar-refractivity contribution in [3.8, 4) is 6.07 Å². The Morgan fingerprint density at radius 1 is 1.24 bits per heavy atom. The zero-order valence-electron chi connectivity index (χ0n) is 11.6. The van der Waals surface area contributed by atoms with Crippen LogP contribution in [0.2, 0.25) is 0 Å². The number of sulfonamides is 1. The van der Waals surface area contributed by atoms with Gasteiger partial charge in [-0.2, -0.15) is 5.26 Å². The maximum atomic E-state index is 12.2. The van der Waals surface area contributed by atoms with E-state index in [4.69, 9.17) is 5.26 Å². The van der Waals surface area contributed by atoms with Crippen LogP contribution in [0, 0.1) is 11.3 Å². The number of amides is 1. The molecule has 0 atom stereocenters. The number of benzene rings is 1. The molecule has 7 heteroatoms. The second-order valence-corrected chi connectivity index (χ2v) is 6.91. The van der Waals surface area contributed by atoms with Gasteiger partial charge in [0.25, 0.3) is 0 Å². The van der Waals surface area contributed by atoms with Crippen LogP contribution in [0.25, 0.3) is 0 Å². The van der Waals surface area contributed by atoms with Crippen molar-refractivity contribution in [2.45, 2.75) is 25.0 Å². The van der Waals surface area contributed by atoms with E-state index in [1.165, 1.54) is 4.31 Å². The van der Waals surface area contributed by atoms with Gasteiger partial charge in [-0.1, -0.05) is 12.1 Å². The molecule has 1 amide bonds. The SMILES string of the molecule is N#CCC(=O)Nc1ccc(CS(=O)(=O)N2CCCC2)cc1. The second-order valence-electron chi connectivity index (χ2n) is 4.94. The molecule has 0 radical (unpaired) electrons. The van der Waals surface area contributed by atoms with Crippen LogP contribution >= 0.6 is 0 Å². The monoisotopic (exact) mass is 307 g/mol. The first-order chi connectivity index (χ1) is 10.0. The van der Waals surface area contributed by atoms with Crippen molar-refractivity contribution >= 4 is 21.6 Å². The van der Waals surface area contributed by atoms with Crippen LogP contribution in [0.3, 0.4) is 0 Å². The Morgan fingerprint density at radius 3 is 2.43 bits per heavy atom. The molecule has 1 heterocycles. The maximum absolute atomic E-state index is 12.2. The molecule has 6 nitrogen and oxygen atoms in total. The summed E-state index contributed by atoms with van der Waals surface area (Å²) in [5.41, 5.74) is 1.23. The van der Waals surface area contributed by atoms with Crippen LogP contribution in [0.1, 0.15) is 24.8 Å². The van der Waals surface area contributed by atoms with Gasteiger partial charge in [0.15, 0.2) is 0 Å². The third kappa shape index (κ3) is 4.28. The molecular weight excluding hydrogens is 290 g/mol. The van der Waals surface area contributed by atoms with Crippen molar-refractivity contribution in [3.63, 3.8) is 0 Å². The summed E-state index contributed by atoms with van der Waals surface area (Å²) in [6.07, 6.45) is 1.64. The third-order valence-corrected chi connectivity index (χ3v) is 5.13. The number of rotatable bonds is 5. The van der Waals surface area contributed by atoms with E-state index in [0.29, 0.717) is 24.3 Å². The lowest BCUT2D eigenvalue weighted by Gasteiger charge is -2.15. The fraction of sp³-hybridized carbons (Fsp3) is 0.429. The molecule has 1 aromatic carbocycles. The quantitative estimate of drug-likeness (QED) is 0.891. The van der Waals surface area contributed by atoms with Gasteiger partial charge in [-0.3, -0.25) is 4.79 Å². The average molecular weight is 307 g/mol. The van der Waals surface area contributed by atoms with Gasteiger partial charge in [-0.05, 0) is 30.5 Å². The summed E-state index contributed by atoms with van der Waals surface area (Å²) < 4.78 is 25.9. The van der Waals surface area contributed by atoms with Gasteiger partial charge >= 0.3 is 0 Å². The lowest BCUT2D eigenvalue weighted by Crippen LogP contribution is -2.29. The van der Waals surface area contributed by atoms with Crippen molar-refractivity contribution < 1.29 is 13.2 Å². The summed E-state index contributed by atoms with van der Waals surface area (Å²) in [5.74, 6) is -0.408. The number of hydrogen-bond donors (Lipinski definition) is 1. The highest BCUT2D eigenvalue weighted by Gasteiger charge is 2.25. The van der Waals surface area contributed by atoms with Crippen LogP contribution in [0.5, 0.6) is 0 Å². The van der Waals surface area contributed by atoms with E-state index >= 15 is 0 Å². The molecule has 1 aliphatic heterocycles. The van der Waals surface area contributed by atoms with Gasteiger partial charge in [0.1, 0.15) is 6.42 Å². The number of nitriles is 1. The minimum atomic E-state index is -3.25. The lowest BCUT2D eigenvalue weighted by atomic mass is 10.2. The first-order valence-corrected chi connectivity index (χ1v) is 8.36. The standard InChI is InChI=1S/C14H17N3O3S/c15-8-7-14(18)16-13-5-3-12(4-6-13)11-21(19,20)17-9-1-2-10-17/h3-6H,1-2,7,9-11H2,(H,16,18). The van der Waals surface area contributed by atoms with E-state index in [1.807, 2.05) is 0 Å². The summed E-state index contributed by atoms with van der Waals surface area (Å²) in [7, 11) is -3.25. The summed E-state index contributed by atoms with van der Waals surface area (Å²) >= 11 is 0. The van der Waals surface area contributed by atoms with Gasteiger partial charge in [0.2, 0.25) is 15.9 Å². The van der Waals surface area contributed by atoms with Gasteiger partial charge in [-0.15, -0.1) is 0 Å². The smallest absolute Gasteiger partial charge is 0.238 e. The van der Waals surface area contributed by atoms with Crippen LogP contribution in [-0.2, 0) is 20.6 Å². The Balaban J connectivity index is 1.99. The highest BCUT2D eigenvalue weighted by molar-refractivity contribution is 7.88. The Bertz CT molecular complexity index is 641. The molecule has 1 N–H and O–H groups in total. The van der Waals surface area contributed by atoms with Crippen LogP contribution in [0.4, 0.5) is 5.69 Å². The molecule has 0 bridgehead atoms. The van der Waals surface area contributed by atoms with Crippen molar-refractivity contribution in [1.29, 1.82) is 5.26 Å². The maximum Gasteiger partial charge on any atom is 0.238 e. The summed E-state index contributed by atoms with van der Waals surface area (Å²) in [4.78, 5) is 11.3. The molecule has 0 unspecified atom stereocenters. The highest BCUT2D eigenvalue weighted by Crippen LogP contribution is 2.18. The molecule has 112 valence electrons. The Labute approximate surface area is 124 Å². The number of anilines is 1. The predicted molar refractivity (Wildman–Crippen MR) is 78.7 cm³/mol. The van der Waals surface area contributed by atoms with E-state index in [0.717, 1.165) is 12.8 Å². The van der Waals surface area contributed by atoms with Gasteiger partial charge in [0.05, 0.1) is 11.8 Å². The largest absolute Gasteiger partial charge is 0.325 e. The van der Waals surface area contributed by atoms with Crippen LogP contribution in [0.15, 0.2) is 24.3 Å². The third-order valence-electron chi connectivity index (χ3n) is 3.28. The van der Waals surface area contributed by atoms with E-state index < -0.39 is 10.0 Å². The number of carbonyl (C=O) groups is 1. The molecule has 1 aromatic rings. The van der Waals surface area contributed by atoms with Gasteiger partial charge < -0.3 is 5.32 Å². The second kappa shape index (κ2) is 6.70. The molecule has 21 heavy (non-hydrogen) atoms. The first-order valence-electron chi connectivity index (χ1n) is 6.75. The molecular formula is C14H17N3O3S. The number of nitrogens with one attached hydrogen (secondary N) is 1. The van der Waals surface area contributed by atoms with Crippen LogP contribution in [-0.4, -0.2) is 31.7 Å². The molecule has 0 aromatic heterocycles.